The summed E-state index contributed by atoms with van der Waals surface area (Å²) in [5.74, 6) is 1.28. The fraction of sp³-hybridized carbons (Fsp3) is 0.933. The van der Waals surface area contributed by atoms with Gasteiger partial charge in [-0.3, -0.25) is 9.89 Å². The van der Waals surface area contributed by atoms with Crippen LogP contribution in [-0.4, -0.2) is 81.3 Å². The maximum atomic E-state index is 5.93. The molecule has 3 N–H and O–H groups in total. The molecule has 0 aromatic carbocycles. The highest BCUT2D eigenvalue weighted by atomic mass is 127. The molecule has 1 unspecified atom stereocenters. The molecule has 0 aromatic heterocycles. The van der Waals surface area contributed by atoms with E-state index in [9.17, 15) is 0 Å². The molecule has 0 aromatic rings. The number of halogens is 1. The van der Waals surface area contributed by atoms with Gasteiger partial charge in [0.2, 0.25) is 0 Å². The minimum atomic E-state index is 0. The van der Waals surface area contributed by atoms with Gasteiger partial charge in [-0.25, -0.2) is 0 Å². The number of ether oxygens (including phenoxy) is 1. The van der Waals surface area contributed by atoms with Crippen molar-refractivity contribution in [2.45, 2.75) is 19.8 Å². The highest BCUT2D eigenvalue weighted by Crippen LogP contribution is 2.15. The first-order valence-corrected chi connectivity index (χ1v) is 8.34. The summed E-state index contributed by atoms with van der Waals surface area (Å²) in [4.78, 5) is 9.40. The van der Waals surface area contributed by atoms with Crippen LogP contribution in [-0.2, 0) is 4.74 Å². The molecule has 22 heavy (non-hydrogen) atoms. The molecule has 2 aliphatic heterocycles. The fourth-order valence-corrected chi connectivity index (χ4v) is 2.98. The molecule has 7 heteroatoms. The summed E-state index contributed by atoms with van der Waals surface area (Å²) in [5.41, 5.74) is 5.93. The van der Waals surface area contributed by atoms with E-state index in [1.807, 2.05) is 0 Å². The molecular weight excluding hydrogens is 393 g/mol. The third kappa shape index (κ3) is 7.43. The topological polar surface area (TPSA) is 66.1 Å². The molecule has 0 radical (unpaired) electrons. The number of aliphatic imine (C=N–C) groups is 1. The third-order valence-corrected chi connectivity index (χ3v) is 4.40. The maximum absolute atomic E-state index is 5.93. The molecule has 1 atom stereocenters. The Bertz CT molecular complexity index is 323. The van der Waals surface area contributed by atoms with E-state index in [2.05, 4.69) is 27.0 Å². The largest absolute Gasteiger partial charge is 0.379 e. The van der Waals surface area contributed by atoms with Crippen molar-refractivity contribution in [1.29, 1.82) is 0 Å². The van der Waals surface area contributed by atoms with Crippen LogP contribution in [0.25, 0.3) is 0 Å². The van der Waals surface area contributed by atoms with E-state index in [0.717, 1.165) is 58.9 Å². The average Bonchev–Trinajstić information content (AvgIpc) is 2.99. The molecule has 130 valence electrons. The van der Waals surface area contributed by atoms with Crippen molar-refractivity contribution in [3.63, 3.8) is 0 Å². The van der Waals surface area contributed by atoms with Gasteiger partial charge in [-0.2, -0.15) is 0 Å². The summed E-state index contributed by atoms with van der Waals surface area (Å²) in [6.07, 6.45) is 2.35. The summed E-state index contributed by atoms with van der Waals surface area (Å²) < 4.78 is 5.34. The van der Waals surface area contributed by atoms with E-state index in [-0.39, 0.29) is 24.0 Å². The lowest BCUT2D eigenvalue weighted by molar-refractivity contribution is 0.0376. The van der Waals surface area contributed by atoms with Crippen LogP contribution in [0.15, 0.2) is 4.99 Å². The number of guanidine groups is 1. The van der Waals surface area contributed by atoms with Gasteiger partial charge < -0.3 is 20.7 Å². The normalized spacial score (nSPS) is 24.2. The minimum Gasteiger partial charge on any atom is -0.379 e. The van der Waals surface area contributed by atoms with Crippen LogP contribution in [0.3, 0.4) is 0 Å². The molecule has 2 saturated heterocycles. The van der Waals surface area contributed by atoms with Crippen molar-refractivity contribution in [1.82, 2.24) is 15.1 Å². The van der Waals surface area contributed by atoms with Gasteiger partial charge in [0.15, 0.2) is 5.96 Å². The SMILES string of the molecule is CCN1CCC(CN=C(N)NCCCN2CCOCC2)C1.I. The second-order valence-corrected chi connectivity index (χ2v) is 6.01. The van der Waals surface area contributed by atoms with Crippen LogP contribution in [0.1, 0.15) is 19.8 Å². The summed E-state index contributed by atoms with van der Waals surface area (Å²) in [6.45, 7) is 12.5. The van der Waals surface area contributed by atoms with Gasteiger partial charge >= 0.3 is 0 Å². The average molecular weight is 425 g/mol. The predicted octanol–water partition coefficient (Wildman–Crippen LogP) is 0.573. The zero-order valence-corrected chi connectivity index (χ0v) is 16.1. The monoisotopic (exact) mass is 425 g/mol. The standard InChI is InChI=1S/C15H31N5O.HI/c1-2-19-7-4-14(13-19)12-18-15(16)17-5-3-6-20-8-10-21-11-9-20;/h14H,2-13H2,1H3,(H3,16,17,18);1H. The zero-order chi connectivity index (χ0) is 14.9. The minimum absolute atomic E-state index is 0. The molecule has 6 nitrogen and oxygen atoms in total. The van der Waals surface area contributed by atoms with Crippen molar-refractivity contribution in [2.75, 3.05) is 65.6 Å². The van der Waals surface area contributed by atoms with Crippen LogP contribution >= 0.6 is 24.0 Å². The van der Waals surface area contributed by atoms with Crippen molar-refractivity contribution >= 4 is 29.9 Å². The first-order valence-electron chi connectivity index (χ1n) is 8.34. The molecule has 0 saturated carbocycles. The first kappa shape index (κ1) is 19.9. The molecule has 0 amide bonds. The van der Waals surface area contributed by atoms with E-state index in [0.29, 0.717) is 11.9 Å². The second kappa shape index (κ2) is 11.4. The van der Waals surface area contributed by atoms with Gasteiger partial charge in [0.05, 0.1) is 13.2 Å². The second-order valence-electron chi connectivity index (χ2n) is 6.01. The number of likely N-dealkylation sites (tertiary alicyclic amines) is 1. The Hall–Kier alpha value is -0.120. The van der Waals surface area contributed by atoms with Crippen LogP contribution in [0.2, 0.25) is 0 Å². The first-order chi connectivity index (χ1) is 10.3. The number of nitrogens with zero attached hydrogens (tertiary/aromatic N) is 3. The number of morpholine rings is 1. The number of nitrogens with two attached hydrogens (primary N) is 1. The van der Waals surface area contributed by atoms with Crippen LogP contribution < -0.4 is 11.1 Å². The number of hydrogen-bond acceptors (Lipinski definition) is 4. The summed E-state index contributed by atoms with van der Waals surface area (Å²) in [6, 6.07) is 0. The molecule has 0 bridgehead atoms. The molecule has 0 spiro atoms. The lowest BCUT2D eigenvalue weighted by atomic mass is 10.1. The van der Waals surface area contributed by atoms with Gasteiger partial charge in [0.25, 0.3) is 0 Å². The Balaban J connectivity index is 0.00000242. The van der Waals surface area contributed by atoms with Crippen molar-refractivity contribution in [3.05, 3.63) is 0 Å². The van der Waals surface area contributed by atoms with Gasteiger partial charge in [-0.15, -0.1) is 24.0 Å². The molecule has 2 aliphatic rings. The Kier molecular flexibility index (Phi) is 10.3. The van der Waals surface area contributed by atoms with Crippen molar-refractivity contribution < 1.29 is 4.74 Å². The Labute approximate surface area is 151 Å². The Morgan fingerprint density at radius 2 is 2.05 bits per heavy atom. The quantitative estimate of drug-likeness (QED) is 0.270. The molecule has 0 aliphatic carbocycles. The van der Waals surface area contributed by atoms with Crippen molar-refractivity contribution in [3.8, 4) is 0 Å². The lowest BCUT2D eigenvalue weighted by Gasteiger charge is -2.26. The molecule has 2 rings (SSSR count). The van der Waals surface area contributed by atoms with Gasteiger partial charge in [0.1, 0.15) is 0 Å². The van der Waals surface area contributed by atoms with E-state index < -0.39 is 0 Å². The molecule has 2 fully saturated rings. The van der Waals surface area contributed by atoms with E-state index in [4.69, 9.17) is 10.5 Å². The number of nitrogens with one attached hydrogen (secondary N) is 1. The lowest BCUT2D eigenvalue weighted by Crippen LogP contribution is -2.39. The van der Waals surface area contributed by atoms with E-state index in [1.54, 1.807) is 0 Å². The van der Waals surface area contributed by atoms with Crippen LogP contribution in [0.5, 0.6) is 0 Å². The highest BCUT2D eigenvalue weighted by Gasteiger charge is 2.20. The Morgan fingerprint density at radius 1 is 1.27 bits per heavy atom. The number of rotatable bonds is 7. The third-order valence-electron chi connectivity index (χ3n) is 4.40. The van der Waals surface area contributed by atoms with Crippen LogP contribution in [0.4, 0.5) is 0 Å². The smallest absolute Gasteiger partial charge is 0.188 e. The van der Waals surface area contributed by atoms with E-state index >= 15 is 0 Å². The molecule has 2 heterocycles. The van der Waals surface area contributed by atoms with Gasteiger partial charge in [-0.05, 0) is 38.4 Å². The Morgan fingerprint density at radius 3 is 2.73 bits per heavy atom. The zero-order valence-electron chi connectivity index (χ0n) is 13.8. The number of hydrogen-bond donors (Lipinski definition) is 2. The summed E-state index contributed by atoms with van der Waals surface area (Å²) >= 11 is 0. The fourth-order valence-electron chi connectivity index (χ4n) is 2.98. The summed E-state index contributed by atoms with van der Waals surface area (Å²) in [7, 11) is 0. The molecular formula is C15H32IN5O. The van der Waals surface area contributed by atoms with Crippen molar-refractivity contribution in [2.24, 2.45) is 16.6 Å². The van der Waals surface area contributed by atoms with Gasteiger partial charge in [0, 0.05) is 32.7 Å². The summed E-state index contributed by atoms with van der Waals surface area (Å²) in [5, 5.41) is 3.23. The van der Waals surface area contributed by atoms with Crippen LogP contribution in [0, 0.1) is 5.92 Å². The van der Waals surface area contributed by atoms with Gasteiger partial charge in [-0.1, -0.05) is 6.92 Å². The van der Waals surface area contributed by atoms with E-state index in [1.165, 1.54) is 19.5 Å². The maximum Gasteiger partial charge on any atom is 0.188 e. The predicted molar refractivity (Wildman–Crippen MR) is 102 cm³/mol. The highest BCUT2D eigenvalue weighted by molar-refractivity contribution is 14.0.